The molecule has 112 valence electrons. The summed E-state index contributed by atoms with van der Waals surface area (Å²) in [6, 6.07) is 8.15. The smallest absolute Gasteiger partial charge is 0.252 e. The molecule has 0 saturated carbocycles. The van der Waals surface area contributed by atoms with Crippen molar-refractivity contribution < 1.29 is 4.79 Å². The summed E-state index contributed by atoms with van der Waals surface area (Å²) < 4.78 is 0. The fourth-order valence-corrected chi connectivity index (χ4v) is 2.62. The first-order chi connectivity index (χ1) is 10.1. The SMILES string of the molecule is CC1CC(NC(=O)c2ccccc2C#CCN)CCN1C. The standard InChI is InChI=1S/C17H23N3O/c1-13-12-15(9-11-20(13)2)19-17(21)16-8-4-3-6-14(16)7-5-10-18/h3-4,6,8,13,15H,9-12,18H2,1-2H3,(H,19,21). The molecule has 0 aliphatic carbocycles. The van der Waals surface area contributed by atoms with E-state index in [2.05, 4.69) is 36.0 Å². The molecule has 0 spiro atoms. The van der Waals surface area contributed by atoms with Gasteiger partial charge in [0, 0.05) is 24.2 Å². The lowest BCUT2D eigenvalue weighted by Gasteiger charge is -2.35. The van der Waals surface area contributed by atoms with Crippen LogP contribution < -0.4 is 11.1 Å². The van der Waals surface area contributed by atoms with Gasteiger partial charge in [-0.15, -0.1) is 0 Å². The fourth-order valence-electron chi connectivity index (χ4n) is 2.62. The largest absolute Gasteiger partial charge is 0.349 e. The van der Waals surface area contributed by atoms with E-state index < -0.39 is 0 Å². The van der Waals surface area contributed by atoms with Crippen molar-refractivity contribution >= 4 is 5.91 Å². The van der Waals surface area contributed by atoms with Gasteiger partial charge in [0.2, 0.25) is 0 Å². The van der Waals surface area contributed by atoms with Crippen LogP contribution >= 0.6 is 0 Å². The molecular formula is C17H23N3O. The number of hydrogen-bond donors (Lipinski definition) is 2. The molecule has 1 aromatic rings. The molecule has 1 amide bonds. The van der Waals surface area contributed by atoms with Crippen LogP contribution in [-0.4, -0.2) is 43.0 Å². The van der Waals surface area contributed by atoms with Gasteiger partial charge in [0.15, 0.2) is 0 Å². The summed E-state index contributed by atoms with van der Waals surface area (Å²) in [4.78, 5) is 14.8. The van der Waals surface area contributed by atoms with Crippen LogP contribution in [0.5, 0.6) is 0 Å². The normalized spacial score (nSPS) is 22.2. The average Bonchev–Trinajstić information content (AvgIpc) is 2.49. The molecule has 3 N–H and O–H groups in total. The average molecular weight is 285 g/mol. The number of benzene rings is 1. The molecule has 1 aliphatic heterocycles. The van der Waals surface area contributed by atoms with E-state index in [0.29, 0.717) is 18.2 Å². The Morgan fingerprint density at radius 3 is 2.95 bits per heavy atom. The molecule has 0 bridgehead atoms. The molecule has 1 aromatic carbocycles. The van der Waals surface area contributed by atoms with Crippen molar-refractivity contribution in [2.45, 2.75) is 31.8 Å². The summed E-state index contributed by atoms with van der Waals surface area (Å²) in [5, 5.41) is 3.14. The Kier molecular flexibility index (Phi) is 5.38. The molecule has 4 heteroatoms. The van der Waals surface area contributed by atoms with E-state index in [1.54, 1.807) is 0 Å². The van der Waals surface area contributed by atoms with Gasteiger partial charge in [-0.05, 0) is 38.9 Å². The van der Waals surface area contributed by atoms with Gasteiger partial charge in [-0.3, -0.25) is 4.79 Å². The third-order valence-electron chi connectivity index (χ3n) is 4.04. The Bertz CT molecular complexity index is 559. The lowest BCUT2D eigenvalue weighted by Crippen LogP contribution is -2.47. The summed E-state index contributed by atoms with van der Waals surface area (Å²) in [5.74, 6) is 5.73. The van der Waals surface area contributed by atoms with E-state index in [1.165, 1.54) is 0 Å². The number of carbonyl (C=O) groups is 1. The maximum atomic E-state index is 12.5. The summed E-state index contributed by atoms with van der Waals surface area (Å²) in [6.07, 6.45) is 1.97. The maximum Gasteiger partial charge on any atom is 0.252 e. The second-order valence-electron chi connectivity index (χ2n) is 5.58. The number of nitrogens with zero attached hydrogens (tertiary/aromatic N) is 1. The molecule has 1 aliphatic rings. The topological polar surface area (TPSA) is 58.4 Å². The van der Waals surface area contributed by atoms with Crippen LogP contribution in [0.25, 0.3) is 0 Å². The van der Waals surface area contributed by atoms with Crippen molar-refractivity contribution in [1.82, 2.24) is 10.2 Å². The summed E-state index contributed by atoms with van der Waals surface area (Å²) in [5.41, 5.74) is 6.77. The molecular weight excluding hydrogens is 262 g/mol. The van der Waals surface area contributed by atoms with Gasteiger partial charge in [0.25, 0.3) is 5.91 Å². The monoisotopic (exact) mass is 285 g/mol. The van der Waals surface area contributed by atoms with E-state index in [1.807, 2.05) is 24.3 Å². The van der Waals surface area contributed by atoms with Gasteiger partial charge in [-0.25, -0.2) is 0 Å². The molecule has 2 unspecified atom stereocenters. The van der Waals surface area contributed by atoms with Gasteiger partial charge in [-0.2, -0.15) is 0 Å². The Balaban J connectivity index is 2.07. The van der Waals surface area contributed by atoms with Crippen LogP contribution in [0, 0.1) is 11.8 Å². The number of likely N-dealkylation sites (tertiary alicyclic amines) is 1. The molecule has 0 aromatic heterocycles. The number of rotatable bonds is 2. The van der Waals surface area contributed by atoms with Crippen LogP contribution in [0.4, 0.5) is 0 Å². The molecule has 4 nitrogen and oxygen atoms in total. The minimum Gasteiger partial charge on any atom is -0.349 e. The van der Waals surface area contributed by atoms with E-state index in [4.69, 9.17) is 5.73 Å². The molecule has 21 heavy (non-hydrogen) atoms. The molecule has 1 heterocycles. The summed E-state index contributed by atoms with van der Waals surface area (Å²) in [7, 11) is 2.13. The highest BCUT2D eigenvalue weighted by Gasteiger charge is 2.24. The second kappa shape index (κ2) is 7.26. The van der Waals surface area contributed by atoms with E-state index >= 15 is 0 Å². The minimum atomic E-state index is -0.0429. The Hall–Kier alpha value is -1.83. The Labute approximate surface area is 126 Å². The Morgan fingerprint density at radius 2 is 2.24 bits per heavy atom. The molecule has 2 rings (SSSR count). The number of amides is 1. The van der Waals surface area contributed by atoms with Crippen molar-refractivity contribution in [1.29, 1.82) is 0 Å². The summed E-state index contributed by atoms with van der Waals surface area (Å²) >= 11 is 0. The van der Waals surface area contributed by atoms with Crippen LogP contribution in [-0.2, 0) is 0 Å². The zero-order valence-electron chi connectivity index (χ0n) is 12.7. The quantitative estimate of drug-likeness (QED) is 0.803. The Morgan fingerprint density at radius 1 is 1.48 bits per heavy atom. The number of piperidine rings is 1. The van der Waals surface area contributed by atoms with E-state index in [-0.39, 0.29) is 11.9 Å². The molecule has 0 radical (unpaired) electrons. The van der Waals surface area contributed by atoms with E-state index in [9.17, 15) is 4.79 Å². The zero-order chi connectivity index (χ0) is 15.2. The molecule has 1 saturated heterocycles. The van der Waals surface area contributed by atoms with Crippen LogP contribution in [0.2, 0.25) is 0 Å². The van der Waals surface area contributed by atoms with Gasteiger partial charge in [0.05, 0.1) is 12.1 Å². The van der Waals surface area contributed by atoms with E-state index in [0.717, 1.165) is 24.9 Å². The van der Waals surface area contributed by atoms with Gasteiger partial charge in [-0.1, -0.05) is 24.0 Å². The minimum absolute atomic E-state index is 0.0429. The number of carbonyl (C=O) groups excluding carboxylic acids is 1. The highest BCUT2D eigenvalue weighted by atomic mass is 16.1. The number of hydrogen-bond acceptors (Lipinski definition) is 3. The van der Waals surface area contributed by atoms with Crippen molar-refractivity contribution in [2.24, 2.45) is 5.73 Å². The highest BCUT2D eigenvalue weighted by Crippen LogP contribution is 2.16. The molecule has 1 fully saturated rings. The lowest BCUT2D eigenvalue weighted by atomic mass is 9.98. The fraction of sp³-hybridized carbons (Fsp3) is 0.471. The van der Waals surface area contributed by atoms with Gasteiger partial charge < -0.3 is 16.0 Å². The van der Waals surface area contributed by atoms with Gasteiger partial charge in [0.1, 0.15) is 0 Å². The summed E-state index contributed by atoms with van der Waals surface area (Å²) in [6.45, 7) is 3.50. The first-order valence-electron chi connectivity index (χ1n) is 7.41. The predicted octanol–water partition coefficient (Wildman–Crippen LogP) is 1.21. The lowest BCUT2D eigenvalue weighted by molar-refractivity contribution is 0.0896. The number of nitrogens with two attached hydrogens (primary N) is 1. The van der Waals surface area contributed by atoms with Crippen LogP contribution in [0.15, 0.2) is 24.3 Å². The second-order valence-corrected chi connectivity index (χ2v) is 5.58. The highest BCUT2D eigenvalue weighted by molar-refractivity contribution is 5.96. The van der Waals surface area contributed by atoms with Crippen LogP contribution in [0.3, 0.4) is 0 Å². The maximum absolute atomic E-state index is 12.5. The van der Waals surface area contributed by atoms with Crippen LogP contribution in [0.1, 0.15) is 35.7 Å². The first-order valence-corrected chi connectivity index (χ1v) is 7.41. The van der Waals surface area contributed by atoms with Gasteiger partial charge >= 0.3 is 0 Å². The predicted molar refractivity (Wildman–Crippen MR) is 85.0 cm³/mol. The molecule has 2 atom stereocenters. The zero-order valence-corrected chi connectivity index (χ0v) is 12.7. The van der Waals surface area contributed by atoms with Crippen molar-refractivity contribution in [3.8, 4) is 11.8 Å². The van der Waals surface area contributed by atoms with Crippen molar-refractivity contribution in [2.75, 3.05) is 20.1 Å². The van der Waals surface area contributed by atoms with Crippen molar-refractivity contribution in [3.05, 3.63) is 35.4 Å². The first kappa shape index (κ1) is 15.6. The third kappa shape index (κ3) is 4.07. The van der Waals surface area contributed by atoms with Crippen molar-refractivity contribution in [3.63, 3.8) is 0 Å². The number of nitrogens with one attached hydrogen (secondary N) is 1. The third-order valence-corrected chi connectivity index (χ3v) is 4.04.